The Morgan fingerprint density at radius 2 is 2.00 bits per heavy atom. The van der Waals surface area contributed by atoms with Gasteiger partial charge in [-0.1, -0.05) is 23.8 Å². The Bertz CT molecular complexity index is 619. The molecule has 0 saturated carbocycles. The molecule has 108 valence electrons. The van der Waals surface area contributed by atoms with Crippen LogP contribution in [-0.2, 0) is 13.0 Å². The molecule has 1 aromatic heterocycles. The number of rotatable bonds is 4. The summed E-state index contributed by atoms with van der Waals surface area (Å²) in [5.74, 6) is 0. The van der Waals surface area contributed by atoms with Gasteiger partial charge in [-0.3, -0.25) is 4.68 Å². The molecule has 4 heteroatoms. The zero-order valence-corrected chi connectivity index (χ0v) is 14.0. The van der Waals surface area contributed by atoms with Crippen LogP contribution in [0.1, 0.15) is 41.1 Å². The van der Waals surface area contributed by atoms with E-state index in [1.807, 2.05) is 25.5 Å². The lowest BCUT2D eigenvalue weighted by Gasteiger charge is -2.15. The highest BCUT2D eigenvalue weighted by Gasteiger charge is 2.18. The molecule has 1 aromatic carbocycles. The van der Waals surface area contributed by atoms with Gasteiger partial charge < -0.3 is 5.11 Å². The average Bonchev–Trinajstić information content (AvgIpc) is 2.69. The molecule has 20 heavy (non-hydrogen) atoms. The number of benzene rings is 1. The highest BCUT2D eigenvalue weighted by atomic mass is 79.9. The van der Waals surface area contributed by atoms with Crippen LogP contribution in [0.4, 0.5) is 0 Å². The first kappa shape index (κ1) is 15.3. The third-order valence-electron chi connectivity index (χ3n) is 3.63. The largest absolute Gasteiger partial charge is 0.388 e. The Morgan fingerprint density at radius 3 is 2.65 bits per heavy atom. The average molecular weight is 337 g/mol. The molecule has 1 heterocycles. The number of aryl methyl sites for hydroxylation is 4. The molecule has 2 aromatic rings. The van der Waals surface area contributed by atoms with Crippen molar-refractivity contribution in [2.75, 3.05) is 0 Å². The summed E-state index contributed by atoms with van der Waals surface area (Å²) < 4.78 is 2.96. The quantitative estimate of drug-likeness (QED) is 0.920. The topological polar surface area (TPSA) is 38.0 Å². The van der Waals surface area contributed by atoms with E-state index in [0.717, 1.165) is 33.5 Å². The van der Waals surface area contributed by atoms with Gasteiger partial charge in [0.25, 0.3) is 0 Å². The van der Waals surface area contributed by atoms with Gasteiger partial charge in [-0.05, 0) is 54.8 Å². The van der Waals surface area contributed by atoms with E-state index in [0.29, 0.717) is 6.42 Å². The lowest BCUT2D eigenvalue weighted by molar-refractivity contribution is 0.174. The van der Waals surface area contributed by atoms with Gasteiger partial charge >= 0.3 is 0 Å². The maximum absolute atomic E-state index is 10.6. The minimum atomic E-state index is -0.507. The summed E-state index contributed by atoms with van der Waals surface area (Å²) in [6, 6.07) is 6.20. The summed E-state index contributed by atoms with van der Waals surface area (Å²) in [7, 11) is 0. The molecule has 1 atom stereocenters. The van der Waals surface area contributed by atoms with Gasteiger partial charge in [-0.25, -0.2) is 0 Å². The zero-order valence-electron chi connectivity index (χ0n) is 12.4. The summed E-state index contributed by atoms with van der Waals surface area (Å²) in [5, 5.41) is 15.0. The number of halogens is 1. The number of aliphatic hydroxyl groups is 1. The molecule has 0 spiro atoms. The van der Waals surface area contributed by atoms with Crippen molar-refractivity contribution in [3.8, 4) is 0 Å². The van der Waals surface area contributed by atoms with Crippen LogP contribution >= 0.6 is 15.9 Å². The SMILES string of the molecule is CCn1nc(C)c(Br)c1CC(O)c1cc(C)ccc1C. The molecule has 0 radical (unpaired) electrons. The Hall–Kier alpha value is -1.13. The van der Waals surface area contributed by atoms with Crippen LogP contribution in [0.3, 0.4) is 0 Å². The molecular formula is C16H21BrN2O. The molecule has 0 aliphatic carbocycles. The van der Waals surface area contributed by atoms with Crippen molar-refractivity contribution in [3.05, 3.63) is 50.8 Å². The first-order valence-corrected chi connectivity index (χ1v) is 7.70. The van der Waals surface area contributed by atoms with Crippen molar-refractivity contribution in [3.63, 3.8) is 0 Å². The lowest BCUT2D eigenvalue weighted by atomic mass is 9.98. The Balaban J connectivity index is 2.32. The second kappa shape index (κ2) is 6.10. The van der Waals surface area contributed by atoms with Gasteiger partial charge in [0.05, 0.1) is 22.0 Å². The van der Waals surface area contributed by atoms with Crippen molar-refractivity contribution in [1.29, 1.82) is 0 Å². The number of aliphatic hydroxyl groups excluding tert-OH is 1. The van der Waals surface area contributed by atoms with Crippen LogP contribution in [0.2, 0.25) is 0 Å². The summed E-state index contributed by atoms with van der Waals surface area (Å²) >= 11 is 3.58. The number of hydrogen-bond donors (Lipinski definition) is 1. The molecule has 1 N–H and O–H groups in total. The van der Waals surface area contributed by atoms with Crippen molar-refractivity contribution < 1.29 is 5.11 Å². The van der Waals surface area contributed by atoms with Crippen LogP contribution in [0, 0.1) is 20.8 Å². The van der Waals surface area contributed by atoms with Crippen molar-refractivity contribution in [2.24, 2.45) is 0 Å². The van der Waals surface area contributed by atoms with Gasteiger partial charge in [-0.2, -0.15) is 5.10 Å². The number of nitrogens with zero attached hydrogens (tertiary/aromatic N) is 2. The lowest BCUT2D eigenvalue weighted by Crippen LogP contribution is -2.10. The second-order valence-corrected chi connectivity index (χ2v) is 6.03. The Labute approximate surface area is 128 Å². The minimum absolute atomic E-state index is 0.507. The molecule has 3 nitrogen and oxygen atoms in total. The predicted molar refractivity (Wildman–Crippen MR) is 84.9 cm³/mol. The maximum Gasteiger partial charge on any atom is 0.0848 e. The van der Waals surface area contributed by atoms with Crippen LogP contribution in [0.5, 0.6) is 0 Å². The van der Waals surface area contributed by atoms with Crippen LogP contribution in [0.25, 0.3) is 0 Å². The second-order valence-electron chi connectivity index (χ2n) is 5.24. The van der Waals surface area contributed by atoms with E-state index in [9.17, 15) is 5.11 Å². The molecule has 0 aliphatic heterocycles. The molecule has 0 aliphatic rings. The smallest absolute Gasteiger partial charge is 0.0848 e. The standard InChI is InChI=1S/C16H21BrN2O/c1-5-19-14(16(17)12(4)18-19)9-15(20)13-8-10(2)6-7-11(13)3/h6-8,15,20H,5,9H2,1-4H3. The van der Waals surface area contributed by atoms with Crippen molar-refractivity contribution >= 4 is 15.9 Å². The molecule has 0 bridgehead atoms. The van der Waals surface area contributed by atoms with E-state index in [1.165, 1.54) is 5.56 Å². The zero-order chi connectivity index (χ0) is 14.9. The fourth-order valence-corrected chi connectivity index (χ4v) is 2.92. The van der Waals surface area contributed by atoms with E-state index < -0.39 is 6.10 Å². The molecule has 0 fully saturated rings. The molecule has 2 rings (SSSR count). The van der Waals surface area contributed by atoms with Gasteiger partial charge in [0, 0.05) is 13.0 Å². The van der Waals surface area contributed by atoms with E-state index in [4.69, 9.17) is 0 Å². The highest BCUT2D eigenvalue weighted by Crippen LogP contribution is 2.28. The summed E-state index contributed by atoms with van der Waals surface area (Å²) in [4.78, 5) is 0. The third-order valence-corrected chi connectivity index (χ3v) is 4.66. The highest BCUT2D eigenvalue weighted by molar-refractivity contribution is 9.10. The summed E-state index contributed by atoms with van der Waals surface area (Å²) in [6.45, 7) is 8.93. The van der Waals surface area contributed by atoms with E-state index in [1.54, 1.807) is 0 Å². The third kappa shape index (κ3) is 2.96. The van der Waals surface area contributed by atoms with Gasteiger partial charge in [0.15, 0.2) is 0 Å². The van der Waals surface area contributed by atoms with Gasteiger partial charge in [-0.15, -0.1) is 0 Å². The molecular weight excluding hydrogens is 316 g/mol. The normalized spacial score (nSPS) is 12.7. The monoisotopic (exact) mass is 336 g/mol. The first-order valence-electron chi connectivity index (χ1n) is 6.91. The van der Waals surface area contributed by atoms with Gasteiger partial charge in [0.1, 0.15) is 0 Å². The van der Waals surface area contributed by atoms with Crippen LogP contribution < -0.4 is 0 Å². The van der Waals surface area contributed by atoms with E-state index in [2.05, 4.69) is 46.2 Å². The molecule has 0 saturated heterocycles. The van der Waals surface area contributed by atoms with Crippen molar-refractivity contribution in [2.45, 2.75) is 46.8 Å². The summed E-state index contributed by atoms with van der Waals surface area (Å²) in [5.41, 5.74) is 5.31. The Kier molecular flexibility index (Phi) is 4.66. The fourth-order valence-electron chi connectivity index (χ4n) is 2.48. The molecule has 0 amide bonds. The minimum Gasteiger partial charge on any atom is -0.388 e. The Morgan fingerprint density at radius 1 is 1.30 bits per heavy atom. The first-order chi connectivity index (χ1) is 9.43. The number of hydrogen-bond acceptors (Lipinski definition) is 2. The summed E-state index contributed by atoms with van der Waals surface area (Å²) in [6.07, 6.45) is 0.0622. The van der Waals surface area contributed by atoms with Gasteiger partial charge in [0.2, 0.25) is 0 Å². The molecule has 1 unspecified atom stereocenters. The van der Waals surface area contributed by atoms with Crippen LogP contribution in [0.15, 0.2) is 22.7 Å². The van der Waals surface area contributed by atoms with E-state index >= 15 is 0 Å². The maximum atomic E-state index is 10.6. The number of aromatic nitrogens is 2. The fraction of sp³-hybridized carbons (Fsp3) is 0.438. The van der Waals surface area contributed by atoms with Crippen LogP contribution in [-0.4, -0.2) is 14.9 Å². The van der Waals surface area contributed by atoms with Crippen molar-refractivity contribution in [1.82, 2.24) is 9.78 Å². The predicted octanol–water partition coefficient (Wildman–Crippen LogP) is 3.87. The van der Waals surface area contributed by atoms with E-state index in [-0.39, 0.29) is 0 Å².